The summed E-state index contributed by atoms with van der Waals surface area (Å²) in [5.41, 5.74) is 6.89. The topological polar surface area (TPSA) is 98.2 Å². The minimum Gasteiger partial charge on any atom is -0.399 e. The molecule has 5 nitrogen and oxygen atoms in total. The van der Waals surface area contributed by atoms with Crippen molar-refractivity contribution in [3.63, 3.8) is 0 Å². The van der Waals surface area contributed by atoms with Crippen molar-refractivity contribution in [2.45, 2.75) is 50.0 Å². The maximum atomic E-state index is 11.4. The van der Waals surface area contributed by atoms with Crippen LogP contribution in [0, 0.1) is 5.92 Å². The summed E-state index contributed by atoms with van der Waals surface area (Å²) in [7, 11) is -3.72. The maximum absolute atomic E-state index is 11.4. The van der Waals surface area contributed by atoms with E-state index in [1.54, 1.807) is 12.1 Å². The van der Waals surface area contributed by atoms with Gasteiger partial charge in [-0.05, 0) is 43.4 Å². The smallest absolute Gasteiger partial charge is 0.238 e. The number of rotatable bonds is 3. The number of nitrogen functional groups attached to an aromatic ring is 1. The third-order valence-electron chi connectivity index (χ3n) is 3.89. The number of anilines is 2. The van der Waals surface area contributed by atoms with Crippen molar-refractivity contribution in [1.82, 2.24) is 0 Å². The van der Waals surface area contributed by atoms with Crippen LogP contribution in [0.2, 0.25) is 0 Å². The molecule has 0 spiro atoms. The van der Waals surface area contributed by atoms with E-state index in [4.69, 9.17) is 10.9 Å². The Bertz CT molecular complexity index is 572. The van der Waals surface area contributed by atoms with Crippen LogP contribution in [-0.2, 0) is 10.0 Å². The number of sulfonamides is 1. The van der Waals surface area contributed by atoms with E-state index in [2.05, 4.69) is 12.2 Å². The van der Waals surface area contributed by atoms with Crippen molar-refractivity contribution >= 4 is 21.4 Å². The Morgan fingerprint density at radius 1 is 1.15 bits per heavy atom. The summed E-state index contributed by atoms with van der Waals surface area (Å²) in [4.78, 5) is 0.0574. The lowest BCUT2D eigenvalue weighted by Gasteiger charge is -2.18. The van der Waals surface area contributed by atoms with Gasteiger partial charge in [0, 0.05) is 17.4 Å². The average molecular weight is 297 g/mol. The molecule has 2 unspecified atom stereocenters. The second-order valence-corrected chi connectivity index (χ2v) is 7.35. The van der Waals surface area contributed by atoms with Crippen LogP contribution in [0.1, 0.15) is 39.0 Å². The van der Waals surface area contributed by atoms with Gasteiger partial charge in [0.1, 0.15) is 0 Å². The van der Waals surface area contributed by atoms with Gasteiger partial charge in [0.05, 0.1) is 4.90 Å². The van der Waals surface area contributed by atoms with Crippen molar-refractivity contribution in [1.29, 1.82) is 0 Å². The van der Waals surface area contributed by atoms with Gasteiger partial charge in [-0.3, -0.25) is 0 Å². The number of primary sulfonamides is 1. The normalized spacial score (nSPS) is 24.1. The van der Waals surface area contributed by atoms with Gasteiger partial charge in [-0.1, -0.05) is 19.8 Å². The molecule has 5 N–H and O–H groups in total. The Kier molecular flexibility index (Phi) is 4.55. The van der Waals surface area contributed by atoms with Gasteiger partial charge >= 0.3 is 0 Å². The van der Waals surface area contributed by atoms with Crippen LogP contribution in [0.15, 0.2) is 23.1 Å². The van der Waals surface area contributed by atoms with Crippen LogP contribution in [0.25, 0.3) is 0 Å². The molecule has 0 aromatic heterocycles. The van der Waals surface area contributed by atoms with Crippen molar-refractivity contribution in [3.05, 3.63) is 18.2 Å². The lowest BCUT2D eigenvalue weighted by atomic mass is 10.0. The molecular formula is C14H23N3O2S. The summed E-state index contributed by atoms with van der Waals surface area (Å²) in [5, 5.41) is 8.55. The molecule has 6 heteroatoms. The Morgan fingerprint density at radius 3 is 2.60 bits per heavy atom. The third kappa shape index (κ3) is 4.11. The van der Waals surface area contributed by atoms with E-state index in [0.29, 0.717) is 11.7 Å². The predicted molar refractivity (Wildman–Crippen MR) is 81.9 cm³/mol. The number of hydrogen-bond donors (Lipinski definition) is 3. The minimum absolute atomic E-state index is 0.0574. The van der Waals surface area contributed by atoms with Crippen LogP contribution < -0.4 is 16.2 Å². The molecule has 0 amide bonds. The highest BCUT2D eigenvalue weighted by Crippen LogP contribution is 2.26. The first-order valence-corrected chi connectivity index (χ1v) is 8.59. The molecule has 2 rings (SSSR count). The van der Waals surface area contributed by atoms with Gasteiger partial charge in [-0.15, -0.1) is 0 Å². The standard InChI is InChI=1S/C14H23N3O2S/c1-10-3-2-4-12(6-5-10)17-13-7-11(15)8-14(9-13)20(16,18)19/h7-10,12,17H,2-6,15H2,1H3,(H2,16,18,19). The van der Waals surface area contributed by atoms with E-state index in [1.165, 1.54) is 25.3 Å². The number of hydrogen-bond acceptors (Lipinski definition) is 4. The zero-order valence-corrected chi connectivity index (χ0v) is 12.6. The molecule has 0 bridgehead atoms. The summed E-state index contributed by atoms with van der Waals surface area (Å²) in [6.07, 6.45) is 5.85. The molecular weight excluding hydrogens is 274 g/mol. The average Bonchev–Trinajstić information content (AvgIpc) is 2.53. The van der Waals surface area contributed by atoms with Gasteiger partial charge < -0.3 is 11.1 Å². The monoisotopic (exact) mass is 297 g/mol. The molecule has 0 radical (unpaired) electrons. The van der Waals surface area contributed by atoms with E-state index >= 15 is 0 Å². The van der Waals surface area contributed by atoms with Gasteiger partial charge in [-0.25, -0.2) is 13.6 Å². The Labute approximate surface area is 120 Å². The number of nitrogens with two attached hydrogens (primary N) is 2. The SMILES string of the molecule is CC1CCCC(Nc2cc(N)cc(S(N)(=O)=O)c2)CC1. The van der Waals surface area contributed by atoms with Crippen molar-refractivity contribution in [2.75, 3.05) is 11.1 Å². The lowest BCUT2D eigenvalue weighted by Crippen LogP contribution is -2.19. The van der Waals surface area contributed by atoms with Gasteiger partial charge in [0.25, 0.3) is 0 Å². The molecule has 1 fully saturated rings. The summed E-state index contributed by atoms with van der Waals surface area (Å²) in [5.74, 6) is 0.766. The van der Waals surface area contributed by atoms with Crippen molar-refractivity contribution in [2.24, 2.45) is 11.1 Å². The highest BCUT2D eigenvalue weighted by Gasteiger charge is 2.17. The van der Waals surface area contributed by atoms with Gasteiger partial charge in [-0.2, -0.15) is 0 Å². The second kappa shape index (κ2) is 6.01. The summed E-state index contributed by atoms with van der Waals surface area (Å²) >= 11 is 0. The first-order valence-electron chi connectivity index (χ1n) is 7.04. The highest BCUT2D eigenvalue weighted by molar-refractivity contribution is 7.89. The Hall–Kier alpha value is -1.27. The largest absolute Gasteiger partial charge is 0.399 e. The minimum atomic E-state index is -3.72. The van der Waals surface area contributed by atoms with Gasteiger partial charge in [0.15, 0.2) is 0 Å². The van der Waals surface area contributed by atoms with Crippen molar-refractivity contribution < 1.29 is 8.42 Å². The first-order chi connectivity index (χ1) is 9.34. The quantitative estimate of drug-likeness (QED) is 0.589. The van der Waals surface area contributed by atoms with Crippen LogP contribution in [0.3, 0.4) is 0 Å². The molecule has 1 aliphatic rings. The fourth-order valence-electron chi connectivity index (χ4n) is 2.74. The molecule has 20 heavy (non-hydrogen) atoms. The van der Waals surface area contributed by atoms with E-state index in [-0.39, 0.29) is 4.90 Å². The zero-order valence-electron chi connectivity index (χ0n) is 11.8. The lowest BCUT2D eigenvalue weighted by molar-refractivity contribution is 0.502. The molecule has 1 saturated carbocycles. The summed E-state index contributed by atoms with van der Waals surface area (Å²) in [6.45, 7) is 2.28. The molecule has 1 aromatic carbocycles. The fraction of sp³-hybridized carbons (Fsp3) is 0.571. The van der Waals surface area contributed by atoms with Crippen molar-refractivity contribution in [3.8, 4) is 0 Å². The highest BCUT2D eigenvalue weighted by atomic mass is 32.2. The molecule has 1 aliphatic carbocycles. The Balaban J connectivity index is 2.15. The second-order valence-electron chi connectivity index (χ2n) is 5.79. The number of benzene rings is 1. The third-order valence-corrected chi connectivity index (χ3v) is 4.78. The van der Waals surface area contributed by atoms with Crippen LogP contribution in [-0.4, -0.2) is 14.5 Å². The first kappa shape index (κ1) is 15.1. The molecule has 0 heterocycles. The molecule has 0 aliphatic heterocycles. The van der Waals surface area contributed by atoms with E-state index in [9.17, 15) is 8.42 Å². The Morgan fingerprint density at radius 2 is 1.90 bits per heavy atom. The number of nitrogens with one attached hydrogen (secondary N) is 1. The van der Waals surface area contributed by atoms with E-state index in [0.717, 1.165) is 24.4 Å². The summed E-state index contributed by atoms with van der Waals surface area (Å²) in [6, 6.07) is 5.06. The molecule has 1 aromatic rings. The summed E-state index contributed by atoms with van der Waals surface area (Å²) < 4.78 is 22.8. The molecule has 112 valence electrons. The van der Waals surface area contributed by atoms with E-state index < -0.39 is 10.0 Å². The maximum Gasteiger partial charge on any atom is 0.238 e. The predicted octanol–water partition coefficient (Wildman–Crippen LogP) is 2.30. The van der Waals surface area contributed by atoms with Crippen LogP contribution >= 0.6 is 0 Å². The van der Waals surface area contributed by atoms with E-state index in [1.807, 2.05) is 0 Å². The molecule has 0 saturated heterocycles. The fourth-order valence-corrected chi connectivity index (χ4v) is 3.33. The van der Waals surface area contributed by atoms with Crippen LogP contribution in [0.4, 0.5) is 11.4 Å². The van der Waals surface area contributed by atoms with Crippen LogP contribution in [0.5, 0.6) is 0 Å². The zero-order chi connectivity index (χ0) is 14.8. The molecule has 2 atom stereocenters. The van der Waals surface area contributed by atoms with Gasteiger partial charge in [0.2, 0.25) is 10.0 Å².